The number of nitro benzene ring substituents is 1. The molecule has 0 unspecified atom stereocenters. The first-order valence-electron chi connectivity index (χ1n) is 5.67. The molecule has 0 amide bonds. The summed E-state index contributed by atoms with van der Waals surface area (Å²) in [7, 11) is 0. The number of nitro groups is 1. The molecule has 9 nitrogen and oxygen atoms in total. The predicted molar refractivity (Wildman–Crippen MR) is 70.6 cm³/mol. The lowest BCUT2D eigenvalue weighted by molar-refractivity contribution is -0.385. The molecule has 0 aliphatic rings. The van der Waals surface area contributed by atoms with Gasteiger partial charge < -0.3 is 9.84 Å². The monoisotopic (exact) mass is 312 g/mol. The van der Waals surface area contributed by atoms with Crippen molar-refractivity contribution in [3.8, 4) is 5.75 Å². The number of benzene rings is 1. The summed E-state index contributed by atoms with van der Waals surface area (Å²) in [6.07, 6.45) is 1.24. The third kappa shape index (κ3) is 3.66. The number of ether oxygens (including phenoxy) is 1. The van der Waals surface area contributed by atoms with Crippen molar-refractivity contribution in [3.05, 3.63) is 45.2 Å². The van der Waals surface area contributed by atoms with E-state index in [2.05, 4.69) is 10.3 Å². The molecule has 110 valence electrons. The van der Waals surface area contributed by atoms with Crippen molar-refractivity contribution in [3.63, 3.8) is 0 Å². The summed E-state index contributed by atoms with van der Waals surface area (Å²) >= 11 is 5.69. The van der Waals surface area contributed by atoms with Gasteiger partial charge in [0.15, 0.2) is 11.4 Å². The smallest absolute Gasteiger partial charge is 0.358 e. The molecule has 1 N–H and O–H groups in total. The Balaban J connectivity index is 2.00. The molecule has 0 radical (unpaired) electrons. The number of aromatic carboxylic acids is 1. The number of hydrogen-bond donors (Lipinski definition) is 1. The van der Waals surface area contributed by atoms with Gasteiger partial charge in [0.1, 0.15) is 6.61 Å². The van der Waals surface area contributed by atoms with E-state index in [4.69, 9.17) is 21.4 Å². The van der Waals surface area contributed by atoms with Gasteiger partial charge in [0, 0.05) is 11.1 Å². The van der Waals surface area contributed by atoms with Crippen LogP contribution < -0.4 is 4.74 Å². The Hall–Kier alpha value is -2.68. The standard InChI is InChI=1S/C11H9ClN4O5/c12-7-1-2-10(9(5-7)16(19)20)21-4-3-15-6-8(11(17)18)13-14-15/h1-2,5-6H,3-4H2,(H,17,18). The number of aromatic nitrogens is 3. The van der Waals surface area contributed by atoms with Crippen molar-refractivity contribution >= 4 is 23.3 Å². The summed E-state index contributed by atoms with van der Waals surface area (Å²) in [5.74, 6) is -1.11. The van der Waals surface area contributed by atoms with E-state index in [1.807, 2.05) is 0 Å². The van der Waals surface area contributed by atoms with Crippen LogP contribution in [0.15, 0.2) is 24.4 Å². The Morgan fingerprint density at radius 2 is 2.29 bits per heavy atom. The SMILES string of the molecule is O=C(O)c1cn(CCOc2ccc(Cl)cc2[N+](=O)[O-])nn1. The number of hydrogen-bond acceptors (Lipinski definition) is 6. The molecule has 0 aliphatic carbocycles. The highest BCUT2D eigenvalue weighted by atomic mass is 35.5. The summed E-state index contributed by atoms with van der Waals surface area (Å²) in [6, 6.07) is 4.06. The maximum absolute atomic E-state index is 10.9. The number of nitrogens with zero attached hydrogens (tertiary/aromatic N) is 4. The zero-order valence-corrected chi connectivity index (χ0v) is 11.2. The van der Waals surface area contributed by atoms with Crippen LogP contribution in [0.3, 0.4) is 0 Å². The molecule has 0 spiro atoms. The second-order valence-electron chi connectivity index (χ2n) is 3.89. The summed E-state index contributed by atoms with van der Waals surface area (Å²) in [6.45, 7) is 0.255. The lowest BCUT2D eigenvalue weighted by atomic mass is 10.3. The Kier molecular flexibility index (Phi) is 4.33. The van der Waals surface area contributed by atoms with Gasteiger partial charge in [-0.2, -0.15) is 0 Å². The van der Waals surface area contributed by atoms with Gasteiger partial charge in [-0.15, -0.1) is 5.10 Å². The van der Waals surface area contributed by atoms with Crippen LogP contribution >= 0.6 is 11.6 Å². The molecule has 0 bridgehead atoms. The number of rotatable bonds is 6. The van der Waals surface area contributed by atoms with Crippen LogP contribution in [-0.2, 0) is 6.54 Å². The first-order valence-corrected chi connectivity index (χ1v) is 6.05. The van der Waals surface area contributed by atoms with Crippen LogP contribution in [0.5, 0.6) is 5.75 Å². The van der Waals surface area contributed by atoms with Crippen LogP contribution in [0.2, 0.25) is 5.02 Å². The molecular weight excluding hydrogens is 304 g/mol. The van der Waals surface area contributed by atoms with Gasteiger partial charge in [0.05, 0.1) is 17.7 Å². The van der Waals surface area contributed by atoms with E-state index in [0.717, 1.165) is 0 Å². The average Bonchev–Trinajstić information content (AvgIpc) is 2.89. The normalized spacial score (nSPS) is 10.3. The van der Waals surface area contributed by atoms with Gasteiger partial charge >= 0.3 is 11.7 Å². The van der Waals surface area contributed by atoms with Crippen molar-refractivity contribution in [2.24, 2.45) is 0 Å². The molecule has 2 aromatic rings. The first kappa shape index (κ1) is 14.7. The Labute approximate surface area is 122 Å². The van der Waals surface area contributed by atoms with Gasteiger partial charge in [0.25, 0.3) is 0 Å². The maximum atomic E-state index is 10.9. The molecule has 0 aliphatic heterocycles. The summed E-state index contributed by atoms with van der Waals surface area (Å²) < 4.78 is 6.56. The summed E-state index contributed by atoms with van der Waals surface area (Å²) in [5.41, 5.74) is -0.431. The third-order valence-corrected chi connectivity index (χ3v) is 2.69. The van der Waals surface area contributed by atoms with Crippen LogP contribution in [-0.4, -0.2) is 37.6 Å². The second kappa shape index (κ2) is 6.18. The molecule has 21 heavy (non-hydrogen) atoms. The molecule has 0 atom stereocenters. The molecular formula is C11H9ClN4O5. The molecule has 0 saturated heterocycles. The molecule has 1 aromatic carbocycles. The minimum absolute atomic E-state index is 0.0604. The molecule has 2 rings (SSSR count). The highest BCUT2D eigenvalue weighted by Crippen LogP contribution is 2.29. The molecule has 1 heterocycles. The molecule has 0 fully saturated rings. The minimum Gasteiger partial charge on any atom is -0.485 e. The van der Waals surface area contributed by atoms with E-state index in [1.165, 1.54) is 29.1 Å². The second-order valence-corrected chi connectivity index (χ2v) is 4.33. The van der Waals surface area contributed by atoms with Crippen LogP contribution in [0.4, 0.5) is 5.69 Å². The lowest BCUT2D eigenvalue weighted by Gasteiger charge is -2.06. The van der Waals surface area contributed by atoms with E-state index in [0.29, 0.717) is 0 Å². The number of halogens is 1. The van der Waals surface area contributed by atoms with Crippen molar-refractivity contribution in [2.45, 2.75) is 6.54 Å². The molecule has 1 aromatic heterocycles. The Morgan fingerprint density at radius 3 is 2.90 bits per heavy atom. The molecule has 10 heteroatoms. The fourth-order valence-electron chi connectivity index (χ4n) is 1.51. The largest absolute Gasteiger partial charge is 0.485 e. The number of carboxylic acids is 1. The topological polar surface area (TPSA) is 120 Å². The van der Waals surface area contributed by atoms with E-state index in [9.17, 15) is 14.9 Å². The van der Waals surface area contributed by atoms with Gasteiger partial charge in [-0.25, -0.2) is 9.48 Å². The average molecular weight is 313 g/mol. The van der Waals surface area contributed by atoms with Crippen LogP contribution in [0.25, 0.3) is 0 Å². The quantitative estimate of drug-likeness (QED) is 0.635. The zero-order valence-electron chi connectivity index (χ0n) is 10.5. The molecule has 0 saturated carbocycles. The van der Waals surface area contributed by atoms with Gasteiger partial charge in [-0.3, -0.25) is 10.1 Å². The highest BCUT2D eigenvalue weighted by Gasteiger charge is 2.15. The van der Waals surface area contributed by atoms with E-state index >= 15 is 0 Å². The van der Waals surface area contributed by atoms with Crippen molar-refractivity contribution < 1.29 is 19.6 Å². The first-order chi connectivity index (χ1) is 9.97. The number of carbonyl (C=O) groups is 1. The van der Waals surface area contributed by atoms with Crippen LogP contribution in [0.1, 0.15) is 10.5 Å². The fourth-order valence-corrected chi connectivity index (χ4v) is 1.68. The summed E-state index contributed by atoms with van der Waals surface area (Å²) in [5, 5.41) is 26.8. The highest BCUT2D eigenvalue weighted by molar-refractivity contribution is 6.30. The fraction of sp³-hybridized carbons (Fsp3) is 0.182. The van der Waals surface area contributed by atoms with Crippen LogP contribution in [0, 0.1) is 10.1 Å². The van der Waals surface area contributed by atoms with E-state index < -0.39 is 10.9 Å². The summed E-state index contributed by atoms with van der Waals surface area (Å²) in [4.78, 5) is 20.9. The van der Waals surface area contributed by atoms with E-state index in [-0.39, 0.29) is 35.3 Å². The number of carboxylic acid groups (broad SMARTS) is 1. The van der Waals surface area contributed by atoms with Crippen molar-refractivity contribution in [1.82, 2.24) is 15.0 Å². The Bertz CT molecular complexity index is 687. The lowest BCUT2D eigenvalue weighted by Crippen LogP contribution is -2.09. The van der Waals surface area contributed by atoms with E-state index in [1.54, 1.807) is 0 Å². The minimum atomic E-state index is -1.18. The zero-order chi connectivity index (χ0) is 15.4. The third-order valence-electron chi connectivity index (χ3n) is 2.45. The predicted octanol–water partition coefficient (Wildman–Crippen LogP) is 1.62. The van der Waals surface area contributed by atoms with Gasteiger partial charge in [-0.05, 0) is 12.1 Å². The Morgan fingerprint density at radius 1 is 1.52 bits per heavy atom. The van der Waals surface area contributed by atoms with Crippen molar-refractivity contribution in [2.75, 3.05) is 6.61 Å². The van der Waals surface area contributed by atoms with Crippen molar-refractivity contribution in [1.29, 1.82) is 0 Å². The maximum Gasteiger partial charge on any atom is 0.358 e. The van der Waals surface area contributed by atoms with Gasteiger partial charge in [-0.1, -0.05) is 16.8 Å². The van der Waals surface area contributed by atoms with Gasteiger partial charge in [0.2, 0.25) is 0 Å².